The molecule has 1 nitrogen and oxygen atoms in total. The molecule has 1 aromatic heterocycles. The van der Waals surface area contributed by atoms with Crippen LogP contribution < -0.4 is 4.66 Å². The molecule has 11 heavy (non-hydrogen) atoms. The van der Waals surface area contributed by atoms with Crippen LogP contribution in [0.1, 0.15) is 0 Å². The van der Waals surface area contributed by atoms with Crippen molar-refractivity contribution in [1.82, 2.24) is 0 Å². The molecule has 0 unspecified atom stereocenters. The predicted octanol–water partition coefficient (Wildman–Crippen LogP) is 1.81. The van der Waals surface area contributed by atoms with E-state index in [2.05, 4.69) is 18.0 Å². The fourth-order valence-electron chi connectivity index (χ4n) is 1.06. The van der Waals surface area contributed by atoms with Crippen LogP contribution in [0.5, 0.6) is 0 Å². The number of fused-ring (bicyclic) bond motifs is 1. The average Bonchev–Trinajstić information content (AvgIpc) is 2.46. The molecule has 0 aliphatic heterocycles. The van der Waals surface area contributed by atoms with E-state index in [4.69, 9.17) is 4.42 Å². The van der Waals surface area contributed by atoms with Crippen LogP contribution in [0.2, 0.25) is 5.82 Å². The summed E-state index contributed by atoms with van der Waals surface area (Å²) in [6.07, 6.45) is 0. The fourth-order valence-corrected chi connectivity index (χ4v) is 1.93. The van der Waals surface area contributed by atoms with E-state index < -0.39 is 0 Å². The molecule has 1 aromatic carbocycles. The molecule has 0 spiro atoms. The van der Waals surface area contributed by atoms with E-state index in [9.17, 15) is 0 Å². The van der Waals surface area contributed by atoms with Crippen LogP contribution in [0, 0.1) is 0 Å². The van der Waals surface area contributed by atoms with Gasteiger partial charge in [-0.3, -0.25) is 0 Å². The van der Waals surface area contributed by atoms with Crippen LogP contribution in [0.15, 0.2) is 34.7 Å². The standard InChI is InChI=1S/C9H8OSe/c1-11-9-6-7-4-2-3-5-8(7)10-9/h2-6H,1H3. The van der Waals surface area contributed by atoms with Crippen molar-refractivity contribution >= 4 is 30.6 Å². The van der Waals surface area contributed by atoms with Gasteiger partial charge in [0.2, 0.25) is 0 Å². The maximum absolute atomic E-state index is 5.54. The summed E-state index contributed by atoms with van der Waals surface area (Å²) in [4.78, 5) is 0. The van der Waals surface area contributed by atoms with Gasteiger partial charge in [0.05, 0.1) is 0 Å². The van der Waals surface area contributed by atoms with Gasteiger partial charge in [-0.05, 0) is 0 Å². The molecular weight excluding hydrogens is 203 g/mol. The van der Waals surface area contributed by atoms with Gasteiger partial charge in [0, 0.05) is 0 Å². The summed E-state index contributed by atoms with van der Waals surface area (Å²) in [5, 5.41) is 1.21. The number of hydrogen-bond donors (Lipinski definition) is 0. The first-order valence-corrected chi connectivity index (χ1v) is 5.99. The Morgan fingerprint density at radius 1 is 1.27 bits per heavy atom. The Kier molecular flexibility index (Phi) is 1.72. The van der Waals surface area contributed by atoms with Crippen LogP contribution in [0.3, 0.4) is 0 Å². The molecule has 0 fully saturated rings. The van der Waals surface area contributed by atoms with Gasteiger partial charge in [-0.15, -0.1) is 0 Å². The third-order valence-corrected chi connectivity index (χ3v) is 2.87. The Labute approximate surface area is 71.6 Å². The molecule has 0 bridgehead atoms. The van der Waals surface area contributed by atoms with E-state index in [-0.39, 0.29) is 0 Å². The van der Waals surface area contributed by atoms with Gasteiger partial charge in [-0.2, -0.15) is 0 Å². The first-order chi connectivity index (χ1) is 5.40. The number of benzene rings is 1. The van der Waals surface area contributed by atoms with Crippen molar-refractivity contribution in [2.45, 2.75) is 5.82 Å². The summed E-state index contributed by atoms with van der Waals surface area (Å²) < 4.78 is 6.67. The zero-order valence-electron chi connectivity index (χ0n) is 6.20. The van der Waals surface area contributed by atoms with Gasteiger partial charge in [-0.25, -0.2) is 0 Å². The van der Waals surface area contributed by atoms with Crippen molar-refractivity contribution in [3.63, 3.8) is 0 Å². The second-order valence-electron chi connectivity index (χ2n) is 2.31. The molecule has 0 radical (unpaired) electrons. The topological polar surface area (TPSA) is 13.1 Å². The third-order valence-electron chi connectivity index (χ3n) is 1.60. The molecule has 0 saturated heterocycles. The Balaban J connectivity index is 2.69. The van der Waals surface area contributed by atoms with Crippen molar-refractivity contribution in [1.29, 1.82) is 0 Å². The van der Waals surface area contributed by atoms with Gasteiger partial charge in [-0.1, -0.05) is 0 Å². The Morgan fingerprint density at radius 2 is 2.09 bits per heavy atom. The van der Waals surface area contributed by atoms with Gasteiger partial charge in [0.25, 0.3) is 0 Å². The molecule has 0 amide bonds. The number of furan rings is 1. The van der Waals surface area contributed by atoms with Crippen molar-refractivity contribution < 1.29 is 4.42 Å². The van der Waals surface area contributed by atoms with Gasteiger partial charge >= 0.3 is 71.2 Å². The number of rotatable bonds is 1. The molecule has 0 N–H and O–H groups in total. The molecule has 2 rings (SSSR count). The van der Waals surface area contributed by atoms with E-state index in [1.54, 1.807) is 0 Å². The van der Waals surface area contributed by atoms with Crippen molar-refractivity contribution in [3.05, 3.63) is 30.3 Å². The quantitative estimate of drug-likeness (QED) is 0.655. The van der Waals surface area contributed by atoms with Gasteiger partial charge in [0.1, 0.15) is 0 Å². The first kappa shape index (κ1) is 6.96. The SMILES string of the molecule is C[Se]c1cc2ccccc2o1. The second kappa shape index (κ2) is 2.72. The summed E-state index contributed by atoms with van der Waals surface area (Å²) in [5.41, 5.74) is 1.01. The minimum atomic E-state index is 0.471. The second-order valence-corrected chi connectivity index (χ2v) is 4.01. The van der Waals surface area contributed by atoms with Gasteiger partial charge < -0.3 is 0 Å². The van der Waals surface area contributed by atoms with E-state index in [0.29, 0.717) is 15.0 Å². The summed E-state index contributed by atoms with van der Waals surface area (Å²) in [6.45, 7) is 0. The van der Waals surface area contributed by atoms with Crippen LogP contribution in [-0.4, -0.2) is 15.0 Å². The zero-order chi connectivity index (χ0) is 7.68. The monoisotopic (exact) mass is 212 g/mol. The van der Waals surface area contributed by atoms with Crippen LogP contribution in [0.4, 0.5) is 0 Å². The van der Waals surface area contributed by atoms with Crippen molar-refractivity contribution in [2.24, 2.45) is 0 Å². The Bertz CT molecular complexity index is 331. The van der Waals surface area contributed by atoms with E-state index >= 15 is 0 Å². The maximum atomic E-state index is 5.54. The Morgan fingerprint density at radius 3 is 2.82 bits per heavy atom. The number of hydrogen-bond acceptors (Lipinski definition) is 1. The average molecular weight is 211 g/mol. The first-order valence-electron chi connectivity index (χ1n) is 3.43. The number of para-hydroxylation sites is 1. The molecule has 2 aromatic rings. The van der Waals surface area contributed by atoms with E-state index in [0.717, 1.165) is 10.2 Å². The molecule has 56 valence electrons. The zero-order valence-corrected chi connectivity index (χ0v) is 7.92. The van der Waals surface area contributed by atoms with Crippen LogP contribution in [-0.2, 0) is 0 Å². The molecule has 0 aliphatic rings. The third kappa shape index (κ3) is 1.20. The summed E-state index contributed by atoms with van der Waals surface area (Å²) in [7, 11) is 0. The van der Waals surface area contributed by atoms with Crippen LogP contribution >= 0.6 is 0 Å². The normalized spacial score (nSPS) is 10.6. The molecular formula is C9H8OSe. The molecule has 0 aliphatic carbocycles. The van der Waals surface area contributed by atoms with Crippen molar-refractivity contribution in [3.8, 4) is 0 Å². The predicted molar refractivity (Wildman–Crippen MR) is 47.5 cm³/mol. The summed E-state index contributed by atoms with van der Waals surface area (Å²) in [5.74, 6) is 2.16. The Hall–Kier alpha value is -0.721. The fraction of sp³-hybridized carbons (Fsp3) is 0.111. The van der Waals surface area contributed by atoms with Gasteiger partial charge in [0.15, 0.2) is 0 Å². The molecule has 0 saturated carbocycles. The molecule has 2 heteroatoms. The molecule has 0 atom stereocenters. The molecule has 1 heterocycles. The van der Waals surface area contributed by atoms with E-state index in [1.807, 2.05) is 18.2 Å². The summed E-state index contributed by atoms with van der Waals surface area (Å²) in [6, 6.07) is 10.2. The minimum absolute atomic E-state index is 0.471. The van der Waals surface area contributed by atoms with Crippen molar-refractivity contribution in [2.75, 3.05) is 0 Å². The van der Waals surface area contributed by atoms with E-state index in [1.165, 1.54) is 5.39 Å². The van der Waals surface area contributed by atoms with Crippen LogP contribution in [0.25, 0.3) is 11.0 Å². The summed E-state index contributed by atoms with van der Waals surface area (Å²) >= 11 is 0.471.